The fourth-order valence-electron chi connectivity index (χ4n) is 3.38. The highest BCUT2D eigenvalue weighted by molar-refractivity contribution is 5.96. The molecule has 1 heterocycles. The van der Waals surface area contributed by atoms with Crippen molar-refractivity contribution in [1.82, 2.24) is 9.55 Å². The van der Waals surface area contributed by atoms with Crippen LogP contribution in [-0.2, 0) is 19.6 Å². The zero-order chi connectivity index (χ0) is 21.0. The van der Waals surface area contributed by atoms with Gasteiger partial charge in [-0.05, 0) is 29.2 Å². The molecule has 3 rings (SSSR count). The molecule has 7 heteroatoms. The largest absolute Gasteiger partial charge is 0.478 e. The summed E-state index contributed by atoms with van der Waals surface area (Å²) in [6.45, 7) is 1.84. The molecule has 0 aliphatic heterocycles. The van der Waals surface area contributed by atoms with Crippen LogP contribution in [0.3, 0.4) is 0 Å². The number of aryl methyl sites for hydroxylation is 1. The molecule has 0 aliphatic rings. The molecule has 29 heavy (non-hydrogen) atoms. The van der Waals surface area contributed by atoms with Gasteiger partial charge in [0.05, 0.1) is 17.9 Å². The van der Waals surface area contributed by atoms with Crippen molar-refractivity contribution < 1.29 is 24.9 Å². The van der Waals surface area contributed by atoms with Gasteiger partial charge < -0.3 is 19.9 Å². The molecule has 3 aromatic rings. The first-order valence-corrected chi connectivity index (χ1v) is 9.30. The minimum atomic E-state index is -1.13. The Bertz CT molecular complexity index is 1040. The Hall–Kier alpha value is -3.45. The number of carboxylic acids is 2. The highest BCUT2D eigenvalue weighted by Crippen LogP contribution is 2.25. The molecule has 0 bridgehead atoms. The second-order valence-corrected chi connectivity index (χ2v) is 6.67. The van der Waals surface area contributed by atoms with Crippen molar-refractivity contribution in [3.63, 3.8) is 0 Å². The molecular formula is C22H22N2O5. The molecule has 0 amide bonds. The highest BCUT2D eigenvalue weighted by atomic mass is 16.4. The topological polar surface area (TPSA) is 113 Å². The van der Waals surface area contributed by atoms with Crippen LogP contribution in [0.25, 0.3) is 11.1 Å². The first kappa shape index (κ1) is 20.3. The van der Waals surface area contributed by atoms with Crippen molar-refractivity contribution >= 4 is 11.9 Å². The van der Waals surface area contributed by atoms with Crippen molar-refractivity contribution in [3.8, 4) is 11.1 Å². The van der Waals surface area contributed by atoms with Crippen molar-refractivity contribution in [2.75, 3.05) is 0 Å². The summed E-state index contributed by atoms with van der Waals surface area (Å²) in [5, 5.41) is 28.4. The quantitative estimate of drug-likeness (QED) is 0.539. The van der Waals surface area contributed by atoms with Crippen molar-refractivity contribution in [2.24, 2.45) is 0 Å². The third-order valence-corrected chi connectivity index (χ3v) is 4.71. The lowest BCUT2D eigenvalue weighted by Crippen LogP contribution is -2.13. The van der Waals surface area contributed by atoms with Gasteiger partial charge in [0, 0.05) is 13.0 Å². The van der Waals surface area contributed by atoms with Crippen molar-refractivity contribution in [3.05, 3.63) is 76.9 Å². The maximum atomic E-state index is 11.7. The van der Waals surface area contributed by atoms with Crippen LogP contribution in [0.2, 0.25) is 0 Å². The molecule has 0 fully saturated rings. The maximum absolute atomic E-state index is 11.7. The fourth-order valence-corrected chi connectivity index (χ4v) is 3.38. The molecule has 150 valence electrons. The Morgan fingerprint density at radius 1 is 1.00 bits per heavy atom. The van der Waals surface area contributed by atoms with Crippen LogP contribution in [0.4, 0.5) is 0 Å². The van der Waals surface area contributed by atoms with Gasteiger partial charge in [-0.3, -0.25) is 0 Å². The summed E-state index contributed by atoms with van der Waals surface area (Å²) in [5.41, 5.74) is 2.61. The zero-order valence-corrected chi connectivity index (χ0v) is 16.0. The van der Waals surface area contributed by atoms with E-state index in [-0.39, 0.29) is 17.0 Å². The number of aliphatic hydroxyl groups is 1. The average Bonchev–Trinajstić information content (AvgIpc) is 3.06. The van der Waals surface area contributed by atoms with Gasteiger partial charge in [-0.25, -0.2) is 14.6 Å². The van der Waals surface area contributed by atoms with Gasteiger partial charge in [-0.15, -0.1) is 0 Å². The number of nitrogens with zero attached hydrogens (tertiary/aromatic N) is 2. The number of aromatic carboxylic acids is 2. The first-order chi connectivity index (χ1) is 14.0. The van der Waals surface area contributed by atoms with Gasteiger partial charge in [0.25, 0.3) is 0 Å². The number of aromatic nitrogens is 2. The van der Waals surface area contributed by atoms with Crippen molar-refractivity contribution in [1.29, 1.82) is 0 Å². The summed E-state index contributed by atoms with van der Waals surface area (Å²) in [5.74, 6) is -1.50. The van der Waals surface area contributed by atoms with Crippen LogP contribution in [0.5, 0.6) is 0 Å². The fraction of sp³-hybridized carbons (Fsp3) is 0.227. The van der Waals surface area contributed by atoms with Crippen LogP contribution in [-0.4, -0.2) is 36.8 Å². The van der Waals surface area contributed by atoms with E-state index in [1.54, 1.807) is 28.8 Å². The maximum Gasteiger partial charge on any atom is 0.354 e. The summed E-state index contributed by atoms with van der Waals surface area (Å²) in [4.78, 5) is 27.5. The van der Waals surface area contributed by atoms with E-state index in [0.717, 1.165) is 17.5 Å². The van der Waals surface area contributed by atoms with Crippen LogP contribution in [0.15, 0.2) is 48.5 Å². The van der Waals surface area contributed by atoms with Crippen LogP contribution in [0.1, 0.15) is 51.3 Å². The van der Waals surface area contributed by atoms with Gasteiger partial charge in [0.2, 0.25) is 0 Å². The Kier molecular flexibility index (Phi) is 6.09. The SMILES string of the molecule is CCCc1nc(CO)c(C(=O)O)n1Cc1ccc(-c2ccccc2C(=O)O)cc1. The van der Waals surface area contributed by atoms with E-state index in [1.807, 2.05) is 31.2 Å². The molecule has 3 N–H and O–H groups in total. The Balaban J connectivity index is 1.96. The number of imidazole rings is 1. The molecule has 2 aromatic carbocycles. The number of hydrogen-bond acceptors (Lipinski definition) is 4. The Morgan fingerprint density at radius 3 is 2.28 bits per heavy atom. The predicted octanol–water partition coefficient (Wildman–Crippen LogP) is 3.44. The van der Waals surface area contributed by atoms with Gasteiger partial charge in [-0.2, -0.15) is 0 Å². The normalized spacial score (nSPS) is 10.8. The van der Waals surface area contributed by atoms with E-state index in [0.29, 0.717) is 24.4 Å². The summed E-state index contributed by atoms with van der Waals surface area (Å²) < 4.78 is 1.62. The summed E-state index contributed by atoms with van der Waals surface area (Å²) in [6, 6.07) is 14.1. The van der Waals surface area contributed by atoms with E-state index >= 15 is 0 Å². The third-order valence-electron chi connectivity index (χ3n) is 4.71. The minimum Gasteiger partial charge on any atom is -0.478 e. The van der Waals surface area contributed by atoms with Crippen molar-refractivity contribution in [2.45, 2.75) is 32.9 Å². The molecule has 0 radical (unpaired) electrons. The summed E-state index contributed by atoms with van der Waals surface area (Å²) >= 11 is 0. The number of carboxylic acid groups (broad SMARTS) is 2. The van der Waals surface area contributed by atoms with E-state index < -0.39 is 18.5 Å². The average molecular weight is 394 g/mol. The molecular weight excluding hydrogens is 372 g/mol. The lowest BCUT2D eigenvalue weighted by Gasteiger charge is -2.12. The molecule has 0 spiro atoms. The summed E-state index contributed by atoms with van der Waals surface area (Å²) in [7, 11) is 0. The van der Waals surface area contributed by atoms with Crippen LogP contribution >= 0.6 is 0 Å². The minimum absolute atomic E-state index is 0.00347. The smallest absolute Gasteiger partial charge is 0.354 e. The second kappa shape index (κ2) is 8.70. The molecule has 0 atom stereocenters. The molecule has 0 unspecified atom stereocenters. The summed E-state index contributed by atoms with van der Waals surface area (Å²) in [6.07, 6.45) is 1.40. The van der Waals surface area contributed by atoms with E-state index in [2.05, 4.69) is 4.98 Å². The molecule has 0 saturated heterocycles. The molecule has 0 aliphatic carbocycles. The zero-order valence-electron chi connectivity index (χ0n) is 16.0. The van der Waals surface area contributed by atoms with Gasteiger partial charge >= 0.3 is 11.9 Å². The number of aliphatic hydroxyl groups excluding tert-OH is 1. The lowest BCUT2D eigenvalue weighted by atomic mass is 9.99. The highest BCUT2D eigenvalue weighted by Gasteiger charge is 2.22. The van der Waals surface area contributed by atoms with Crippen LogP contribution < -0.4 is 0 Å². The lowest BCUT2D eigenvalue weighted by molar-refractivity contribution is 0.0676. The second-order valence-electron chi connectivity index (χ2n) is 6.67. The Morgan fingerprint density at radius 2 is 1.69 bits per heavy atom. The van der Waals surface area contributed by atoms with Gasteiger partial charge in [-0.1, -0.05) is 49.4 Å². The standard InChI is InChI=1S/C22H22N2O5/c1-2-5-19-23-18(13-25)20(22(28)29)24(19)12-14-8-10-15(11-9-14)16-6-3-4-7-17(16)21(26)27/h3-4,6-11,25H,2,5,12-13H2,1H3,(H,26,27)(H,28,29). The molecule has 1 aromatic heterocycles. The number of carbonyl (C=O) groups is 2. The van der Waals surface area contributed by atoms with Crippen LogP contribution in [0, 0.1) is 0 Å². The van der Waals surface area contributed by atoms with E-state index in [4.69, 9.17) is 0 Å². The van der Waals surface area contributed by atoms with E-state index in [1.165, 1.54) is 0 Å². The molecule has 7 nitrogen and oxygen atoms in total. The first-order valence-electron chi connectivity index (χ1n) is 9.30. The number of rotatable bonds is 8. The van der Waals surface area contributed by atoms with Gasteiger partial charge in [0.1, 0.15) is 5.82 Å². The number of benzene rings is 2. The molecule has 0 saturated carbocycles. The van der Waals surface area contributed by atoms with E-state index in [9.17, 15) is 24.9 Å². The predicted molar refractivity (Wildman–Crippen MR) is 107 cm³/mol. The Labute approximate surface area is 167 Å². The monoisotopic (exact) mass is 394 g/mol. The third kappa shape index (κ3) is 4.20. The number of hydrogen-bond donors (Lipinski definition) is 3. The van der Waals surface area contributed by atoms with Gasteiger partial charge in [0.15, 0.2) is 5.69 Å².